The van der Waals surface area contributed by atoms with Crippen molar-refractivity contribution in [3.05, 3.63) is 65.5 Å². The zero-order chi connectivity index (χ0) is 19.0. The second-order valence-electron chi connectivity index (χ2n) is 7.42. The Kier molecular flexibility index (Phi) is 4.56. The van der Waals surface area contributed by atoms with Crippen molar-refractivity contribution in [2.75, 3.05) is 13.1 Å². The van der Waals surface area contributed by atoms with Crippen molar-refractivity contribution >= 4 is 5.91 Å². The van der Waals surface area contributed by atoms with Gasteiger partial charge in [0, 0.05) is 31.3 Å². The maximum absolute atomic E-state index is 13.0. The molecule has 2 aromatic carbocycles. The minimum Gasteiger partial charge on any atom is -0.336 e. The lowest BCUT2D eigenvalue weighted by Crippen LogP contribution is -2.30. The zero-order valence-electron chi connectivity index (χ0n) is 16.2. The summed E-state index contributed by atoms with van der Waals surface area (Å²) in [4.78, 5) is 19.8. The van der Waals surface area contributed by atoms with Gasteiger partial charge in [0.2, 0.25) is 0 Å². The molecular formula is C23H25N3O. The van der Waals surface area contributed by atoms with Gasteiger partial charge in [-0.3, -0.25) is 4.79 Å². The van der Waals surface area contributed by atoms with E-state index in [9.17, 15) is 4.79 Å². The number of aromatic nitrogens is 2. The molecule has 3 aromatic rings. The fraction of sp³-hybridized carbons (Fsp3) is 0.304. The summed E-state index contributed by atoms with van der Waals surface area (Å²) < 4.78 is 1.96. The van der Waals surface area contributed by atoms with E-state index in [-0.39, 0.29) is 5.91 Å². The van der Waals surface area contributed by atoms with Crippen LogP contribution in [-0.4, -0.2) is 33.4 Å². The Morgan fingerprint density at radius 3 is 1.93 bits per heavy atom. The first-order chi connectivity index (χ1) is 13.0. The van der Waals surface area contributed by atoms with Gasteiger partial charge in [-0.25, -0.2) is 4.98 Å². The molecule has 0 radical (unpaired) electrons. The van der Waals surface area contributed by atoms with Crippen LogP contribution in [0.2, 0.25) is 0 Å². The van der Waals surface area contributed by atoms with Gasteiger partial charge >= 0.3 is 0 Å². The summed E-state index contributed by atoms with van der Waals surface area (Å²) in [5.74, 6) is 0.546. The molecule has 4 heteroatoms. The summed E-state index contributed by atoms with van der Waals surface area (Å²) in [7, 11) is 1.95. The average Bonchev–Trinajstić information content (AvgIpc) is 3.31. The molecule has 1 fully saturated rings. The molecule has 4 nitrogen and oxygen atoms in total. The lowest BCUT2D eigenvalue weighted by Gasteiger charge is -2.15. The summed E-state index contributed by atoms with van der Waals surface area (Å²) in [6, 6.07) is 16.8. The first kappa shape index (κ1) is 17.5. The van der Waals surface area contributed by atoms with E-state index in [0.717, 1.165) is 48.4 Å². The van der Waals surface area contributed by atoms with Gasteiger partial charge in [-0.1, -0.05) is 59.7 Å². The lowest BCUT2D eigenvalue weighted by molar-refractivity contribution is 0.0777. The molecule has 0 aliphatic carbocycles. The van der Waals surface area contributed by atoms with E-state index in [0.29, 0.717) is 5.82 Å². The summed E-state index contributed by atoms with van der Waals surface area (Å²) in [6.07, 6.45) is 2.15. The molecule has 2 heterocycles. The molecule has 1 saturated heterocycles. The van der Waals surface area contributed by atoms with E-state index in [4.69, 9.17) is 4.98 Å². The lowest BCUT2D eigenvalue weighted by atomic mass is 10.0. The van der Waals surface area contributed by atoms with Gasteiger partial charge in [0.05, 0.1) is 11.4 Å². The highest BCUT2D eigenvalue weighted by Gasteiger charge is 2.27. The molecule has 0 atom stereocenters. The van der Waals surface area contributed by atoms with E-state index in [1.165, 1.54) is 11.1 Å². The predicted octanol–water partition coefficient (Wildman–Crippen LogP) is 4.61. The summed E-state index contributed by atoms with van der Waals surface area (Å²) >= 11 is 0. The van der Waals surface area contributed by atoms with Crippen LogP contribution in [0.15, 0.2) is 48.5 Å². The molecule has 1 amide bonds. The van der Waals surface area contributed by atoms with Gasteiger partial charge in [0.15, 0.2) is 5.82 Å². The van der Waals surface area contributed by atoms with Gasteiger partial charge in [-0.15, -0.1) is 0 Å². The van der Waals surface area contributed by atoms with Crippen LogP contribution in [0.1, 0.15) is 34.6 Å². The molecule has 0 unspecified atom stereocenters. The van der Waals surface area contributed by atoms with Crippen LogP contribution in [0, 0.1) is 13.8 Å². The molecule has 1 aromatic heterocycles. The molecule has 0 saturated carbocycles. The van der Waals surface area contributed by atoms with Crippen LogP contribution in [0.5, 0.6) is 0 Å². The molecule has 27 heavy (non-hydrogen) atoms. The van der Waals surface area contributed by atoms with Crippen LogP contribution >= 0.6 is 0 Å². The second kappa shape index (κ2) is 7.03. The topological polar surface area (TPSA) is 38.1 Å². The highest BCUT2D eigenvalue weighted by Crippen LogP contribution is 2.33. The van der Waals surface area contributed by atoms with Crippen molar-refractivity contribution < 1.29 is 4.79 Å². The fourth-order valence-corrected chi connectivity index (χ4v) is 3.71. The summed E-state index contributed by atoms with van der Waals surface area (Å²) in [5.41, 5.74) is 6.38. The molecule has 138 valence electrons. The largest absolute Gasteiger partial charge is 0.336 e. The highest BCUT2D eigenvalue weighted by molar-refractivity contribution is 5.94. The van der Waals surface area contributed by atoms with Crippen LogP contribution in [0.3, 0.4) is 0 Å². The van der Waals surface area contributed by atoms with Gasteiger partial charge < -0.3 is 9.47 Å². The molecule has 0 bridgehead atoms. The standard InChI is InChI=1S/C23H25N3O/c1-16-6-10-18(11-7-16)20-21(19-12-8-17(2)9-13-19)25(3)22(24-20)23(27)26-14-4-5-15-26/h6-13H,4-5,14-15H2,1-3H3. The fourth-order valence-electron chi connectivity index (χ4n) is 3.71. The maximum Gasteiger partial charge on any atom is 0.289 e. The molecule has 4 rings (SSSR count). The zero-order valence-corrected chi connectivity index (χ0v) is 16.2. The number of aryl methyl sites for hydroxylation is 2. The number of carbonyl (C=O) groups is 1. The first-order valence-corrected chi connectivity index (χ1v) is 9.54. The Bertz CT molecular complexity index is 962. The van der Waals surface area contributed by atoms with Crippen molar-refractivity contribution in [3.63, 3.8) is 0 Å². The smallest absolute Gasteiger partial charge is 0.289 e. The van der Waals surface area contributed by atoms with E-state index in [2.05, 4.69) is 62.4 Å². The summed E-state index contributed by atoms with van der Waals surface area (Å²) in [5, 5.41) is 0. The van der Waals surface area contributed by atoms with Crippen molar-refractivity contribution in [1.82, 2.24) is 14.5 Å². The van der Waals surface area contributed by atoms with Crippen molar-refractivity contribution in [1.29, 1.82) is 0 Å². The monoisotopic (exact) mass is 359 g/mol. The number of hydrogen-bond donors (Lipinski definition) is 0. The number of rotatable bonds is 3. The van der Waals surface area contributed by atoms with E-state index in [1.807, 2.05) is 16.5 Å². The molecule has 1 aliphatic heterocycles. The number of nitrogens with zero attached hydrogens (tertiary/aromatic N) is 3. The Balaban J connectivity index is 1.87. The highest BCUT2D eigenvalue weighted by atomic mass is 16.2. The van der Waals surface area contributed by atoms with Crippen LogP contribution in [-0.2, 0) is 7.05 Å². The van der Waals surface area contributed by atoms with E-state index >= 15 is 0 Å². The van der Waals surface area contributed by atoms with Crippen molar-refractivity contribution in [3.8, 4) is 22.5 Å². The maximum atomic E-state index is 13.0. The molecular weight excluding hydrogens is 334 g/mol. The van der Waals surface area contributed by atoms with E-state index in [1.54, 1.807) is 0 Å². The quantitative estimate of drug-likeness (QED) is 0.685. The number of benzene rings is 2. The average molecular weight is 359 g/mol. The van der Waals surface area contributed by atoms with Crippen molar-refractivity contribution in [2.24, 2.45) is 7.05 Å². The van der Waals surface area contributed by atoms with Gasteiger partial charge in [0.1, 0.15) is 0 Å². The predicted molar refractivity (Wildman–Crippen MR) is 109 cm³/mol. The minimum absolute atomic E-state index is 0.0294. The van der Waals surface area contributed by atoms with Crippen LogP contribution < -0.4 is 0 Å². The number of imidazole rings is 1. The Morgan fingerprint density at radius 2 is 1.37 bits per heavy atom. The first-order valence-electron chi connectivity index (χ1n) is 9.54. The van der Waals surface area contributed by atoms with Gasteiger partial charge in [-0.05, 0) is 26.7 Å². The Morgan fingerprint density at radius 1 is 0.852 bits per heavy atom. The van der Waals surface area contributed by atoms with E-state index < -0.39 is 0 Å². The van der Waals surface area contributed by atoms with Crippen LogP contribution in [0.25, 0.3) is 22.5 Å². The second-order valence-corrected chi connectivity index (χ2v) is 7.42. The Hall–Kier alpha value is -2.88. The third-order valence-electron chi connectivity index (χ3n) is 5.33. The number of amides is 1. The Labute approximate surface area is 160 Å². The number of hydrogen-bond acceptors (Lipinski definition) is 2. The molecule has 0 N–H and O–H groups in total. The molecule has 1 aliphatic rings. The third-order valence-corrected chi connectivity index (χ3v) is 5.33. The summed E-state index contributed by atoms with van der Waals surface area (Å²) in [6.45, 7) is 5.80. The SMILES string of the molecule is Cc1ccc(-c2nc(C(=O)N3CCCC3)n(C)c2-c2ccc(C)cc2)cc1. The van der Waals surface area contributed by atoms with Gasteiger partial charge in [0.25, 0.3) is 5.91 Å². The minimum atomic E-state index is 0.0294. The van der Waals surface area contributed by atoms with Crippen molar-refractivity contribution in [2.45, 2.75) is 26.7 Å². The third kappa shape index (κ3) is 3.27. The number of carbonyl (C=O) groups excluding carboxylic acids is 1. The molecule has 0 spiro atoms. The normalized spacial score (nSPS) is 14.0. The van der Waals surface area contributed by atoms with Gasteiger partial charge in [-0.2, -0.15) is 0 Å². The number of likely N-dealkylation sites (tertiary alicyclic amines) is 1. The van der Waals surface area contributed by atoms with Crippen LogP contribution in [0.4, 0.5) is 0 Å².